The second-order valence-corrected chi connectivity index (χ2v) is 8.85. The van der Waals surface area contributed by atoms with Gasteiger partial charge in [0.2, 0.25) is 0 Å². The molecule has 1 aliphatic heterocycles. The molecule has 1 amide bonds. The summed E-state index contributed by atoms with van der Waals surface area (Å²) in [7, 11) is 3.87. The highest BCUT2D eigenvalue weighted by Gasteiger charge is 2.20. The Labute approximate surface area is 188 Å². The zero-order valence-corrected chi connectivity index (χ0v) is 19.0. The van der Waals surface area contributed by atoms with E-state index in [9.17, 15) is 9.59 Å². The van der Waals surface area contributed by atoms with E-state index >= 15 is 0 Å². The maximum atomic E-state index is 12.9. The van der Waals surface area contributed by atoms with Gasteiger partial charge in [0, 0.05) is 43.7 Å². The molecule has 1 fully saturated rings. The minimum atomic E-state index is -0.154. The number of hydrogen-bond donors (Lipinski definition) is 1. The van der Waals surface area contributed by atoms with E-state index in [0.29, 0.717) is 36.1 Å². The third-order valence-electron chi connectivity index (χ3n) is 6.21. The van der Waals surface area contributed by atoms with Crippen molar-refractivity contribution >= 4 is 5.91 Å². The first-order valence-corrected chi connectivity index (χ1v) is 11.2. The maximum Gasteiger partial charge on any atom is 0.271 e. The van der Waals surface area contributed by atoms with Crippen molar-refractivity contribution in [2.24, 2.45) is 13.0 Å². The average Bonchev–Trinajstić information content (AvgIpc) is 3.21. The van der Waals surface area contributed by atoms with Gasteiger partial charge in [0.05, 0.1) is 0 Å². The number of carbonyl (C=O) groups is 1. The van der Waals surface area contributed by atoms with Crippen LogP contribution < -0.4 is 10.9 Å². The van der Waals surface area contributed by atoms with E-state index in [1.807, 2.05) is 35.0 Å². The average molecular weight is 434 g/mol. The van der Waals surface area contributed by atoms with E-state index in [1.54, 1.807) is 24.7 Å². The third-order valence-corrected chi connectivity index (χ3v) is 6.21. The van der Waals surface area contributed by atoms with E-state index in [0.717, 1.165) is 37.1 Å². The van der Waals surface area contributed by atoms with Crippen LogP contribution in [-0.4, -0.2) is 51.6 Å². The summed E-state index contributed by atoms with van der Waals surface area (Å²) in [5.41, 5.74) is 2.94. The van der Waals surface area contributed by atoms with Crippen LogP contribution in [-0.2, 0) is 13.6 Å². The number of amides is 1. The quantitative estimate of drug-likeness (QED) is 0.649. The Morgan fingerprint density at radius 3 is 2.53 bits per heavy atom. The summed E-state index contributed by atoms with van der Waals surface area (Å²) in [6, 6.07) is 11.9. The standard InChI is InChI=1S/C25H31N5O2/c1-18-13-21(16-29(3)25(18)32)23-27-22(17-30(23)15-20-7-5-4-6-8-20)24(31)26-14-19-9-11-28(2)12-10-19/h4-8,13,16-17,19H,9-12,14-15H2,1-3H3,(H,26,31). The van der Waals surface area contributed by atoms with Crippen molar-refractivity contribution in [2.45, 2.75) is 26.3 Å². The lowest BCUT2D eigenvalue weighted by Gasteiger charge is -2.28. The first-order chi connectivity index (χ1) is 15.4. The summed E-state index contributed by atoms with van der Waals surface area (Å²) in [6.45, 7) is 5.20. The van der Waals surface area contributed by atoms with Gasteiger partial charge in [0.1, 0.15) is 11.5 Å². The molecule has 0 unspecified atom stereocenters. The predicted molar refractivity (Wildman–Crippen MR) is 126 cm³/mol. The third kappa shape index (κ3) is 4.99. The lowest BCUT2D eigenvalue weighted by Crippen LogP contribution is -2.37. The smallest absolute Gasteiger partial charge is 0.271 e. The zero-order valence-electron chi connectivity index (χ0n) is 19.0. The van der Waals surface area contributed by atoms with Gasteiger partial charge in [0.25, 0.3) is 11.5 Å². The topological polar surface area (TPSA) is 72.2 Å². The summed E-state index contributed by atoms with van der Waals surface area (Å²) < 4.78 is 3.55. The van der Waals surface area contributed by atoms with E-state index < -0.39 is 0 Å². The number of benzene rings is 1. The van der Waals surface area contributed by atoms with Crippen LogP contribution in [0.4, 0.5) is 0 Å². The molecule has 1 N–H and O–H groups in total. The van der Waals surface area contributed by atoms with Crippen LogP contribution in [0.1, 0.15) is 34.5 Å². The van der Waals surface area contributed by atoms with Gasteiger partial charge in [-0.2, -0.15) is 0 Å². The monoisotopic (exact) mass is 433 g/mol. The summed E-state index contributed by atoms with van der Waals surface area (Å²) in [5, 5.41) is 3.08. The number of hydrogen-bond acceptors (Lipinski definition) is 4. The minimum Gasteiger partial charge on any atom is -0.350 e. The Kier molecular flexibility index (Phi) is 6.55. The van der Waals surface area contributed by atoms with Gasteiger partial charge >= 0.3 is 0 Å². The molecular formula is C25H31N5O2. The number of aryl methyl sites for hydroxylation is 2. The molecule has 0 aliphatic carbocycles. The van der Waals surface area contributed by atoms with E-state index in [4.69, 9.17) is 4.98 Å². The first-order valence-electron chi connectivity index (χ1n) is 11.2. The molecule has 2 aromatic heterocycles. The second-order valence-electron chi connectivity index (χ2n) is 8.85. The number of likely N-dealkylation sites (tertiary alicyclic amines) is 1. The summed E-state index contributed by atoms with van der Waals surface area (Å²) in [6.07, 6.45) is 5.79. The molecule has 3 heterocycles. The predicted octanol–water partition coefficient (Wildman–Crippen LogP) is 2.68. The van der Waals surface area contributed by atoms with Gasteiger partial charge in [-0.05, 0) is 57.5 Å². The van der Waals surface area contributed by atoms with Gasteiger partial charge in [-0.15, -0.1) is 0 Å². The van der Waals surface area contributed by atoms with Crippen LogP contribution in [0.5, 0.6) is 0 Å². The summed E-state index contributed by atoms with van der Waals surface area (Å²) in [5.74, 6) is 1.03. The number of pyridine rings is 1. The fourth-order valence-corrected chi connectivity index (χ4v) is 4.25. The molecule has 7 nitrogen and oxygen atoms in total. The molecule has 1 aromatic carbocycles. The zero-order chi connectivity index (χ0) is 22.7. The van der Waals surface area contributed by atoms with E-state index in [2.05, 4.69) is 29.4 Å². The summed E-state index contributed by atoms with van der Waals surface area (Å²) in [4.78, 5) is 32.1. The van der Waals surface area contributed by atoms with E-state index in [1.165, 1.54) is 0 Å². The fraction of sp³-hybridized carbons (Fsp3) is 0.400. The van der Waals surface area contributed by atoms with Gasteiger partial charge in [-0.1, -0.05) is 30.3 Å². The molecule has 1 saturated heterocycles. The van der Waals surface area contributed by atoms with Crippen molar-refractivity contribution < 1.29 is 4.79 Å². The van der Waals surface area contributed by atoms with Crippen LogP contribution in [0, 0.1) is 12.8 Å². The molecule has 7 heteroatoms. The molecule has 0 bridgehead atoms. The van der Waals surface area contributed by atoms with Gasteiger partial charge in [0.15, 0.2) is 0 Å². The first kappa shape index (κ1) is 22.0. The second kappa shape index (κ2) is 9.53. The lowest BCUT2D eigenvalue weighted by atomic mass is 9.97. The van der Waals surface area contributed by atoms with Crippen LogP contribution in [0.25, 0.3) is 11.4 Å². The van der Waals surface area contributed by atoms with Crippen LogP contribution in [0.15, 0.2) is 53.6 Å². The van der Waals surface area contributed by atoms with Gasteiger partial charge < -0.3 is 19.4 Å². The normalized spacial score (nSPS) is 15.1. The van der Waals surface area contributed by atoms with Crippen molar-refractivity contribution in [3.63, 3.8) is 0 Å². The highest BCUT2D eigenvalue weighted by Crippen LogP contribution is 2.21. The van der Waals surface area contributed by atoms with Gasteiger partial charge in [-0.3, -0.25) is 9.59 Å². The number of aromatic nitrogens is 3. The van der Waals surface area contributed by atoms with Crippen molar-refractivity contribution in [3.8, 4) is 11.4 Å². The molecule has 0 spiro atoms. The van der Waals surface area contributed by atoms with E-state index in [-0.39, 0.29) is 11.5 Å². The number of nitrogens with zero attached hydrogens (tertiary/aromatic N) is 4. The number of piperidine rings is 1. The number of imidazole rings is 1. The molecule has 32 heavy (non-hydrogen) atoms. The maximum absolute atomic E-state index is 12.9. The Balaban J connectivity index is 1.60. The fourth-order valence-electron chi connectivity index (χ4n) is 4.25. The van der Waals surface area contributed by atoms with Crippen molar-refractivity contribution in [1.82, 2.24) is 24.3 Å². The SMILES string of the molecule is Cc1cc(-c2nc(C(=O)NCC3CCN(C)CC3)cn2Cc2ccccc2)cn(C)c1=O. The molecule has 168 valence electrons. The van der Waals surface area contributed by atoms with Crippen molar-refractivity contribution in [2.75, 3.05) is 26.7 Å². The molecule has 1 aliphatic rings. The molecule has 0 saturated carbocycles. The van der Waals surface area contributed by atoms with Crippen molar-refractivity contribution in [3.05, 3.63) is 76.0 Å². The lowest BCUT2D eigenvalue weighted by molar-refractivity contribution is 0.0934. The highest BCUT2D eigenvalue weighted by atomic mass is 16.2. The number of nitrogens with one attached hydrogen (secondary N) is 1. The van der Waals surface area contributed by atoms with Crippen LogP contribution in [0.2, 0.25) is 0 Å². The molecule has 3 aromatic rings. The Hall–Kier alpha value is -3.19. The number of carbonyl (C=O) groups excluding carboxylic acids is 1. The highest BCUT2D eigenvalue weighted by molar-refractivity contribution is 5.92. The van der Waals surface area contributed by atoms with Crippen molar-refractivity contribution in [1.29, 1.82) is 0 Å². The molecule has 0 atom stereocenters. The molecule has 0 radical (unpaired) electrons. The molecule has 4 rings (SSSR count). The Morgan fingerprint density at radius 1 is 1.12 bits per heavy atom. The Morgan fingerprint density at radius 2 is 1.84 bits per heavy atom. The minimum absolute atomic E-state index is 0.0361. The Bertz CT molecular complexity index is 1110. The number of rotatable bonds is 6. The summed E-state index contributed by atoms with van der Waals surface area (Å²) >= 11 is 0. The van der Waals surface area contributed by atoms with Crippen LogP contribution in [0.3, 0.4) is 0 Å². The van der Waals surface area contributed by atoms with Crippen LogP contribution >= 0.6 is 0 Å². The largest absolute Gasteiger partial charge is 0.350 e. The van der Waals surface area contributed by atoms with Gasteiger partial charge in [-0.25, -0.2) is 4.98 Å². The molecular weight excluding hydrogens is 402 g/mol.